The molecular weight excluding hydrogens is 268 g/mol. The highest BCUT2D eigenvalue weighted by atomic mass is 35.5. The Balaban J connectivity index is 2.31. The second kappa shape index (κ2) is 4.62. The van der Waals surface area contributed by atoms with E-state index in [2.05, 4.69) is 9.97 Å². The van der Waals surface area contributed by atoms with Crippen LogP contribution in [0.1, 0.15) is 12.8 Å². The third-order valence-corrected chi connectivity index (χ3v) is 3.43. The van der Waals surface area contributed by atoms with Crippen LogP contribution < -0.4 is 4.90 Å². The molecule has 1 aromatic heterocycles. The monoisotopic (exact) mass is 278 g/mol. The maximum absolute atomic E-state index is 11.2. The number of hydrogen-bond acceptors (Lipinski definition) is 5. The molecule has 0 spiro atoms. The van der Waals surface area contributed by atoms with Crippen molar-refractivity contribution in [3.05, 3.63) is 33.6 Å². The number of anilines is 1. The number of aromatic nitrogens is 2. The Hall–Kier alpha value is -1.95. The van der Waals surface area contributed by atoms with E-state index in [1.807, 2.05) is 4.90 Å². The van der Waals surface area contributed by atoms with Crippen molar-refractivity contribution in [2.45, 2.75) is 12.8 Å². The zero-order valence-electron chi connectivity index (χ0n) is 10.0. The van der Waals surface area contributed by atoms with Gasteiger partial charge in [-0.3, -0.25) is 10.1 Å². The molecule has 0 saturated carbocycles. The second-order valence-electron chi connectivity index (χ2n) is 4.44. The summed E-state index contributed by atoms with van der Waals surface area (Å²) in [7, 11) is 0. The van der Waals surface area contributed by atoms with E-state index in [9.17, 15) is 10.1 Å². The quantitative estimate of drug-likeness (QED) is 0.480. The van der Waals surface area contributed by atoms with E-state index in [-0.39, 0.29) is 11.0 Å². The first-order valence-electron chi connectivity index (χ1n) is 6.02. The number of nitro groups is 1. The maximum atomic E-state index is 11.2. The number of fused-ring (bicyclic) bond motifs is 1. The molecule has 0 aliphatic carbocycles. The molecular formula is C12H11ClN4O2. The molecule has 6 nitrogen and oxygen atoms in total. The summed E-state index contributed by atoms with van der Waals surface area (Å²) in [6, 6.07) is 4.80. The predicted octanol–water partition coefficient (Wildman–Crippen LogP) is 2.79. The van der Waals surface area contributed by atoms with Crippen LogP contribution in [0.4, 0.5) is 11.5 Å². The molecule has 0 unspecified atom stereocenters. The largest absolute Gasteiger partial charge is 0.356 e. The van der Waals surface area contributed by atoms with E-state index in [1.165, 1.54) is 6.07 Å². The molecule has 0 N–H and O–H groups in total. The number of non-ortho nitro benzene ring substituents is 1. The van der Waals surface area contributed by atoms with Gasteiger partial charge in [-0.1, -0.05) is 6.07 Å². The van der Waals surface area contributed by atoms with Crippen LogP contribution in [-0.2, 0) is 0 Å². The number of halogens is 1. The highest BCUT2D eigenvalue weighted by Crippen LogP contribution is 2.34. The van der Waals surface area contributed by atoms with E-state index in [4.69, 9.17) is 11.6 Å². The fraction of sp³-hybridized carbons (Fsp3) is 0.333. The van der Waals surface area contributed by atoms with Crippen LogP contribution in [0, 0.1) is 10.1 Å². The number of nitro benzene ring substituents is 1. The summed E-state index contributed by atoms with van der Waals surface area (Å²) in [5, 5.41) is 11.8. The molecule has 1 fully saturated rings. The second-order valence-corrected chi connectivity index (χ2v) is 4.78. The summed E-state index contributed by atoms with van der Waals surface area (Å²) in [4.78, 5) is 21.1. The van der Waals surface area contributed by atoms with Gasteiger partial charge >= 0.3 is 0 Å². The van der Waals surface area contributed by atoms with Crippen molar-refractivity contribution in [3.63, 3.8) is 0 Å². The molecule has 1 saturated heterocycles. The Kier molecular flexibility index (Phi) is 2.94. The van der Waals surface area contributed by atoms with E-state index < -0.39 is 4.92 Å². The van der Waals surface area contributed by atoms with Crippen LogP contribution in [0.3, 0.4) is 0 Å². The lowest BCUT2D eigenvalue weighted by Crippen LogP contribution is -2.20. The van der Waals surface area contributed by atoms with Crippen molar-refractivity contribution >= 4 is 34.0 Å². The lowest BCUT2D eigenvalue weighted by molar-refractivity contribution is -0.383. The first-order chi connectivity index (χ1) is 9.16. The summed E-state index contributed by atoms with van der Waals surface area (Å²) in [5.74, 6) is 0.569. The number of nitrogens with zero attached hydrogens (tertiary/aromatic N) is 4. The fourth-order valence-electron chi connectivity index (χ4n) is 2.43. The molecule has 1 aromatic carbocycles. The van der Waals surface area contributed by atoms with E-state index >= 15 is 0 Å². The molecule has 19 heavy (non-hydrogen) atoms. The van der Waals surface area contributed by atoms with Crippen LogP contribution in [0.5, 0.6) is 0 Å². The van der Waals surface area contributed by atoms with Crippen LogP contribution in [0.15, 0.2) is 18.2 Å². The van der Waals surface area contributed by atoms with Gasteiger partial charge in [0.15, 0.2) is 0 Å². The van der Waals surface area contributed by atoms with Gasteiger partial charge < -0.3 is 4.90 Å². The lowest BCUT2D eigenvalue weighted by atomic mass is 10.2. The van der Waals surface area contributed by atoms with Gasteiger partial charge in [0.1, 0.15) is 11.2 Å². The first-order valence-corrected chi connectivity index (χ1v) is 6.40. The van der Waals surface area contributed by atoms with Gasteiger partial charge in [0.2, 0.25) is 5.28 Å². The number of rotatable bonds is 2. The van der Waals surface area contributed by atoms with Gasteiger partial charge in [-0.05, 0) is 30.5 Å². The SMILES string of the molecule is O=[N+]([O-])c1cccc2nc(Cl)nc(N3CCCC3)c12. The van der Waals surface area contributed by atoms with Crippen molar-refractivity contribution in [2.24, 2.45) is 0 Å². The summed E-state index contributed by atoms with van der Waals surface area (Å²) >= 11 is 5.92. The van der Waals surface area contributed by atoms with Crippen LogP contribution in [0.2, 0.25) is 5.28 Å². The highest BCUT2D eigenvalue weighted by Gasteiger charge is 2.23. The Morgan fingerprint density at radius 3 is 2.68 bits per heavy atom. The summed E-state index contributed by atoms with van der Waals surface area (Å²) in [5.41, 5.74) is 0.534. The molecule has 7 heteroatoms. The van der Waals surface area contributed by atoms with Crippen molar-refractivity contribution in [1.29, 1.82) is 0 Å². The number of hydrogen-bond donors (Lipinski definition) is 0. The molecule has 0 bridgehead atoms. The summed E-state index contributed by atoms with van der Waals surface area (Å²) < 4.78 is 0. The third kappa shape index (κ3) is 2.08. The van der Waals surface area contributed by atoms with E-state index in [1.54, 1.807) is 12.1 Å². The molecule has 1 aliphatic rings. The first kappa shape index (κ1) is 12.1. The van der Waals surface area contributed by atoms with Gasteiger partial charge in [-0.25, -0.2) is 4.98 Å². The average Bonchev–Trinajstić information content (AvgIpc) is 2.90. The number of benzene rings is 1. The lowest BCUT2D eigenvalue weighted by Gasteiger charge is -2.18. The van der Waals surface area contributed by atoms with Gasteiger partial charge in [0.05, 0.1) is 10.4 Å². The minimum atomic E-state index is -0.404. The fourth-order valence-corrected chi connectivity index (χ4v) is 2.60. The van der Waals surface area contributed by atoms with Crippen molar-refractivity contribution in [1.82, 2.24) is 9.97 Å². The van der Waals surface area contributed by atoms with Crippen LogP contribution in [0.25, 0.3) is 10.9 Å². The zero-order valence-corrected chi connectivity index (χ0v) is 10.8. The summed E-state index contributed by atoms with van der Waals surface area (Å²) in [6.07, 6.45) is 2.12. The van der Waals surface area contributed by atoms with Crippen LogP contribution >= 0.6 is 11.6 Å². The standard InChI is InChI=1S/C12H11ClN4O2/c13-12-14-8-4-3-5-9(17(18)19)10(8)11(15-12)16-6-1-2-7-16/h3-5H,1-2,6-7H2. The van der Waals surface area contributed by atoms with Crippen molar-refractivity contribution < 1.29 is 4.92 Å². The Labute approximate surface area is 114 Å². The Morgan fingerprint density at radius 1 is 1.26 bits per heavy atom. The summed E-state index contributed by atoms with van der Waals surface area (Å²) in [6.45, 7) is 1.68. The third-order valence-electron chi connectivity index (χ3n) is 3.26. The average molecular weight is 279 g/mol. The molecule has 98 valence electrons. The highest BCUT2D eigenvalue weighted by molar-refractivity contribution is 6.29. The van der Waals surface area contributed by atoms with Crippen molar-refractivity contribution in [2.75, 3.05) is 18.0 Å². The minimum Gasteiger partial charge on any atom is -0.356 e. The van der Waals surface area contributed by atoms with Gasteiger partial charge in [0, 0.05) is 19.2 Å². The normalized spacial score (nSPS) is 15.1. The molecule has 1 aliphatic heterocycles. The minimum absolute atomic E-state index is 0.0241. The Bertz CT molecular complexity index is 655. The van der Waals surface area contributed by atoms with E-state index in [0.717, 1.165) is 25.9 Å². The molecule has 0 amide bonds. The predicted molar refractivity (Wildman–Crippen MR) is 72.6 cm³/mol. The molecule has 2 aromatic rings. The Morgan fingerprint density at radius 2 is 2.00 bits per heavy atom. The van der Waals surface area contributed by atoms with Gasteiger partial charge in [0.25, 0.3) is 5.69 Å². The molecule has 3 rings (SSSR count). The molecule has 0 radical (unpaired) electrons. The topological polar surface area (TPSA) is 72.2 Å². The smallest absolute Gasteiger partial charge is 0.282 e. The van der Waals surface area contributed by atoms with Crippen LogP contribution in [-0.4, -0.2) is 28.0 Å². The van der Waals surface area contributed by atoms with Crippen molar-refractivity contribution in [3.8, 4) is 0 Å². The van der Waals surface area contributed by atoms with E-state index in [0.29, 0.717) is 16.7 Å². The molecule has 2 heterocycles. The van der Waals surface area contributed by atoms with Gasteiger partial charge in [-0.15, -0.1) is 0 Å². The molecule has 0 atom stereocenters. The maximum Gasteiger partial charge on any atom is 0.282 e. The van der Waals surface area contributed by atoms with Gasteiger partial charge in [-0.2, -0.15) is 4.98 Å². The zero-order chi connectivity index (χ0) is 13.4.